The third-order valence-corrected chi connectivity index (χ3v) is 6.62. The van der Waals surface area contributed by atoms with Crippen molar-refractivity contribution in [1.29, 1.82) is 0 Å². The number of nitrogens with zero attached hydrogens (tertiary/aromatic N) is 3. The topological polar surface area (TPSA) is 82.6 Å². The lowest BCUT2D eigenvalue weighted by atomic mass is 10.2. The van der Waals surface area contributed by atoms with Gasteiger partial charge >= 0.3 is 0 Å². The average Bonchev–Trinajstić information content (AvgIpc) is 2.98. The van der Waals surface area contributed by atoms with Crippen molar-refractivity contribution < 1.29 is 13.2 Å². The van der Waals surface area contributed by atoms with E-state index in [2.05, 4.69) is 15.2 Å². The second-order valence-corrected chi connectivity index (χ2v) is 8.99. The third kappa shape index (κ3) is 5.08. The first-order valence-corrected chi connectivity index (χ1v) is 10.9. The van der Waals surface area contributed by atoms with Crippen molar-refractivity contribution in [2.45, 2.75) is 30.6 Å². The molecule has 150 valence electrons. The summed E-state index contributed by atoms with van der Waals surface area (Å²) in [5, 5.41) is 2.76. The Morgan fingerprint density at radius 3 is 2.39 bits per heavy atom. The van der Waals surface area contributed by atoms with Crippen LogP contribution in [-0.4, -0.2) is 50.3 Å². The highest BCUT2D eigenvalue weighted by Crippen LogP contribution is 2.21. The van der Waals surface area contributed by atoms with Crippen molar-refractivity contribution >= 4 is 27.3 Å². The number of carbonyl (C=O) groups is 1. The molecule has 1 aromatic carbocycles. The summed E-state index contributed by atoms with van der Waals surface area (Å²) < 4.78 is 26.0. The molecule has 28 heavy (non-hydrogen) atoms. The highest BCUT2D eigenvalue weighted by Gasteiger charge is 2.23. The molecule has 8 heteroatoms. The van der Waals surface area contributed by atoms with Crippen molar-refractivity contribution in [1.82, 2.24) is 9.29 Å². The number of pyridine rings is 1. The molecule has 1 aromatic heterocycles. The Bertz CT molecular complexity index is 877. The van der Waals surface area contributed by atoms with Gasteiger partial charge in [0.05, 0.1) is 6.54 Å². The van der Waals surface area contributed by atoms with Gasteiger partial charge in [-0.2, -0.15) is 4.31 Å². The minimum atomic E-state index is -3.75. The number of nitrogens with one attached hydrogen (secondary N) is 1. The lowest BCUT2D eigenvalue weighted by Gasteiger charge is -2.23. The maximum atomic E-state index is 12.5. The fraction of sp³-hybridized carbons (Fsp3) is 0.400. The van der Waals surface area contributed by atoms with E-state index in [1.807, 2.05) is 24.3 Å². The fourth-order valence-electron chi connectivity index (χ4n) is 3.25. The number of rotatable bonds is 6. The third-order valence-electron chi connectivity index (χ3n) is 4.83. The van der Waals surface area contributed by atoms with Crippen LogP contribution in [0, 0.1) is 0 Å². The number of hydrogen-bond donors (Lipinski definition) is 1. The number of aromatic nitrogens is 1. The average molecular weight is 403 g/mol. The fourth-order valence-corrected chi connectivity index (χ4v) is 4.34. The molecule has 0 saturated carbocycles. The predicted molar refractivity (Wildman–Crippen MR) is 110 cm³/mol. The van der Waals surface area contributed by atoms with Crippen LogP contribution < -0.4 is 10.2 Å². The standard InChI is InChI=1S/C20H26N4O3S/c1-23(28(26,27)19-7-6-12-21-15-19)16-20(25)22-17-8-10-18(11-9-17)24-13-4-2-3-5-14-24/h6-12,15H,2-5,13-14,16H2,1H3,(H,22,25). The Kier molecular flexibility index (Phi) is 6.64. The van der Waals surface area contributed by atoms with Gasteiger partial charge in [0.15, 0.2) is 0 Å². The lowest BCUT2D eigenvalue weighted by Crippen LogP contribution is -2.35. The zero-order chi connectivity index (χ0) is 20.0. The number of sulfonamides is 1. The smallest absolute Gasteiger partial charge is 0.244 e. The van der Waals surface area contributed by atoms with Crippen LogP contribution in [-0.2, 0) is 14.8 Å². The van der Waals surface area contributed by atoms with Gasteiger partial charge < -0.3 is 10.2 Å². The van der Waals surface area contributed by atoms with E-state index in [1.54, 1.807) is 6.07 Å². The molecule has 0 radical (unpaired) electrons. The summed E-state index contributed by atoms with van der Waals surface area (Å²) in [6.45, 7) is 1.84. The monoisotopic (exact) mass is 402 g/mol. The number of hydrogen-bond acceptors (Lipinski definition) is 5. The number of amides is 1. The first-order chi connectivity index (χ1) is 13.5. The largest absolute Gasteiger partial charge is 0.372 e. The van der Waals surface area contributed by atoms with E-state index in [1.165, 1.54) is 51.2 Å². The first kappa shape index (κ1) is 20.3. The van der Waals surface area contributed by atoms with Crippen LogP contribution >= 0.6 is 0 Å². The Morgan fingerprint density at radius 1 is 1.11 bits per heavy atom. The van der Waals surface area contributed by atoms with E-state index < -0.39 is 15.9 Å². The summed E-state index contributed by atoms with van der Waals surface area (Å²) in [7, 11) is -2.37. The molecule has 2 heterocycles. The van der Waals surface area contributed by atoms with Crippen LogP contribution in [0.15, 0.2) is 53.7 Å². The molecule has 0 unspecified atom stereocenters. The van der Waals surface area contributed by atoms with E-state index in [0.717, 1.165) is 23.1 Å². The molecule has 1 aliphatic heterocycles. The first-order valence-electron chi connectivity index (χ1n) is 9.48. The van der Waals surface area contributed by atoms with Gasteiger partial charge in [0.25, 0.3) is 0 Å². The van der Waals surface area contributed by atoms with Gasteiger partial charge in [0, 0.05) is 43.9 Å². The molecular formula is C20H26N4O3S. The minimum Gasteiger partial charge on any atom is -0.372 e. The van der Waals surface area contributed by atoms with E-state index in [-0.39, 0.29) is 11.4 Å². The van der Waals surface area contributed by atoms with Crippen LogP contribution in [0.2, 0.25) is 0 Å². The van der Waals surface area contributed by atoms with Crippen molar-refractivity contribution in [2.24, 2.45) is 0 Å². The zero-order valence-electron chi connectivity index (χ0n) is 16.0. The summed E-state index contributed by atoms with van der Waals surface area (Å²) in [6.07, 6.45) is 7.74. The van der Waals surface area contributed by atoms with Gasteiger partial charge in [0.1, 0.15) is 4.90 Å². The zero-order valence-corrected chi connectivity index (χ0v) is 16.9. The van der Waals surface area contributed by atoms with Gasteiger partial charge in [-0.1, -0.05) is 12.8 Å². The van der Waals surface area contributed by atoms with Crippen LogP contribution in [0.3, 0.4) is 0 Å². The molecule has 7 nitrogen and oxygen atoms in total. The molecule has 0 spiro atoms. The maximum absolute atomic E-state index is 12.5. The molecule has 1 aliphatic rings. The summed E-state index contributed by atoms with van der Waals surface area (Å²) >= 11 is 0. The second-order valence-electron chi connectivity index (χ2n) is 6.95. The summed E-state index contributed by atoms with van der Waals surface area (Å²) in [5.41, 5.74) is 1.80. The molecule has 1 fully saturated rings. The van der Waals surface area contributed by atoms with Crippen LogP contribution in [0.1, 0.15) is 25.7 Å². The minimum absolute atomic E-state index is 0.0621. The molecule has 0 bridgehead atoms. The van der Waals surface area contributed by atoms with Crippen molar-refractivity contribution in [3.05, 3.63) is 48.8 Å². The van der Waals surface area contributed by atoms with Crippen LogP contribution in [0.5, 0.6) is 0 Å². The van der Waals surface area contributed by atoms with E-state index in [9.17, 15) is 13.2 Å². The van der Waals surface area contributed by atoms with E-state index in [0.29, 0.717) is 5.69 Å². The highest BCUT2D eigenvalue weighted by molar-refractivity contribution is 7.89. The molecule has 3 rings (SSSR count). The molecule has 0 atom stereocenters. The molecule has 1 amide bonds. The van der Waals surface area contributed by atoms with Crippen LogP contribution in [0.25, 0.3) is 0 Å². The predicted octanol–water partition coefficient (Wildman–Crippen LogP) is 2.72. The quantitative estimate of drug-likeness (QED) is 0.803. The van der Waals surface area contributed by atoms with Gasteiger partial charge in [-0.25, -0.2) is 8.42 Å². The number of benzene rings is 1. The van der Waals surface area contributed by atoms with Crippen molar-refractivity contribution in [3.8, 4) is 0 Å². The highest BCUT2D eigenvalue weighted by atomic mass is 32.2. The Balaban J connectivity index is 1.58. The summed E-state index contributed by atoms with van der Waals surface area (Å²) in [5.74, 6) is -0.391. The SMILES string of the molecule is CN(CC(=O)Nc1ccc(N2CCCCCC2)cc1)S(=O)(=O)c1cccnc1. The number of anilines is 2. The van der Waals surface area contributed by atoms with E-state index >= 15 is 0 Å². The van der Waals surface area contributed by atoms with Gasteiger partial charge in [-0.15, -0.1) is 0 Å². The van der Waals surface area contributed by atoms with Crippen LogP contribution in [0.4, 0.5) is 11.4 Å². The van der Waals surface area contributed by atoms with Gasteiger partial charge in [-0.3, -0.25) is 9.78 Å². The molecular weight excluding hydrogens is 376 g/mol. The summed E-state index contributed by atoms with van der Waals surface area (Å²) in [4.78, 5) is 18.5. The number of carbonyl (C=O) groups excluding carboxylic acids is 1. The second kappa shape index (κ2) is 9.16. The molecule has 0 aliphatic carbocycles. The normalized spacial score (nSPS) is 15.3. The molecule has 1 saturated heterocycles. The maximum Gasteiger partial charge on any atom is 0.244 e. The lowest BCUT2D eigenvalue weighted by molar-refractivity contribution is -0.116. The molecule has 1 N–H and O–H groups in total. The Morgan fingerprint density at radius 2 is 1.79 bits per heavy atom. The number of likely N-dealkylation sites (N-methyl/N-ethyl adjacent to an activating group) is 1. The van der Waals surface area contributed by atoms with Crippen molar-refractivity contribution in [2.75, 3.05) is 36.9 Å². The summed E-state index contributed by atoms with van der Waals surface area (Å²) in [6, 6.07) is 10.7. The van der Waals surface area contributed by atoms with Crippen molar-refractivity contribution in [3.63, 3.8) is 0 Å². The molecule has 2 aromatic rings. The Hall–Kier alpha value is -2.45. The van der Waals surface area contributed by atoms with E-state index in [4.69, 9.17) is 0 Å². The van der Waals surface area contributed by atoms with Gasteiger partial charge in [0.2, 0.25) is 15.9 Å². The van der Waals surface area contributed by atoms with Gasteiger partial charge in [-0.05, 0) is 49.2 Å². The Labute approximate surface area is 166 Å².